The minimum absolute atomic E-state index is 0.884. The summed E-state index contributed by atoms with van der Waals surface area (Å²) in [6.07, 6.45) is 6.08. The third kappa shape index (κ3) is 1.80. The molecule has 2 aliphatic carbocycles. The molecule has 12 heavy (non-hydrogen) atoms. The van der Waals surface area contributed by atoms with Crippen LogP contribution in [0.4, 0.5) is 0 Å². The molecule has 1 spiro atoms. The molecular formula is C10H20N2. The Morgan fingerprint density at radius 2 is 2.00 bits per heavy atom. The van der Waals surface area contributed by atoms with Gasteiger partial charge in [-0.15, -0.1) is 0 Å². The van der Waals surface area contributed by atoms with Crippen LogP contribution in [0.25, 0.3) is 0 Å². The minimum atomic E-state index is 0.884. The third-order valence-electron chi connectivity index (χ3n) is 3.39. The standard InChI is InChI=1S/C10H20N2/c1-11-4-5-12-8-9-6-10(7-9)2-3-10/h9,11-12H,2-8H2,1H3. The summed E-state index contributed by atoms with van der Waals surface area (Å²) >= 11 is 0. The first-order valence-corrected chi connectivity index (χ1v) is 5.20. The molecule has 0 aliphatic heterocycles. The van der Waals surface area contributed by atoms with Crippen LogP contribution in [0.2, 0.25) is 0 Å². The second-order valence-corrected chi connectivity index (χ2v) is 4.58. The number of nitrogens with one attached hydrogen (secondary N) is 2. The molecule has 0 bridgehead atoms. The lowest BCUT2D eigenvalue weighted by molar-refractivity contribution is 0.165. The fraction of sp³-hybridized carbons (Fsp3) is 1.00. The Balaban J connectivity index is 1.47. The highest BCUT2D eigenvalue weighted by Gasteiger charge is 2.52. The van der Waals surface area contributed by atoms with Gasteiger partial charge in [0.05, 0.1) is 0 Å². The van der Waals surface area contributed by atoms with E-state index in [2.05, 4.69) is 10.6 Å². The average molecular weight is 168 g/mol. The second-order valence-electron chi connectivity index (χ2n) is 4.58. The molecule has 2 saturated carbocycles. The Kier molecular flexibility index (Phi) is 2.37. The molecule has 2 fully saturated rings. The topological polar surface area (TPSA) is 24.1 Å². The summed E-state index contributed by atoms with van der Waals surface area (Å²) in [4.78, 5) is 0. The van der Waals surface area contributed by atoms with Crippen LogP contribution in [0.1, 0.15) is 25.7 Å². The highest BCUT2D eigenvalue weighted by atomic mass is 14.9. The van der Waals surface area contributed by atoms with Crippen molar-refractivity contribution in [2.24, 2.45) is 11.3 Å². The van der Waals surface area contributed by atoms with Crippen molar-refractivity contribution in [2.75, 3.05) is 26.7 Å². The average Bonchev–Trinajstić information content (AvgIpc) is 2.76. The number of likely N-dealkylation sites (N-methyl/N-ethyl adjacent to an activating group) is 1. The van der Waals surface area contributed by atoms with E-state index in [1.54, 1.807) is 0 Å². The van der Waals surface area contributed by atoms with Gasteiger partial charge < -0.3 is 10.6 Å². The lowest BCUT2D eigenvalue weighted by Gasteiger charge is -2.36. The molecule has 0 aromatic heterocycles. The molecule has 2 heteroatoms. The summed E-state index contributed by atoms with van der Waals surface area (Å²) in [5.41, 5.74) is 0.884. The van der Waals surface area contributed by atoms with E-state index in [1.807, 2.05) is 7.05 Å². The van der Waals surface area contributed by atoms with Gasteiger partial charge in [0.15, 0.2) is 0 Å². The van der Waals surface area contributed by atoms with Gasteiger partial charge in [0, 0.05) is 13.1 Å². The Labute approximate surface area is 75.1 Å². The first-order chi connectivity index (χ1) is 5.85. The quantitative estimate of drug-likeness (QED) is 0.598. The lowest BCUT2D eigenvalue weighted by atomic mass is 9.72. The van der Waals surface area contributed by atoms with Gasteiger partial charge in [0.1, 0.15) is 0 Å². The third-order valence-corrected chi connectivity index (χ3v) is 3.39. The Morgan fingerprint density at radius 1 is 1.25 bits per heavy atom. The number of hydrogen-bond acceptors (Lipinski definition) is 2. The van der Waals surface area contributed by atoms with Crippen LogP contribution < -0.4 is 10.6 Å². The highest BCUT2D eigenvalue weighted by molar-refractivity contribution is 5.03. The van der Waals surface area contributed by atoms with Gasteiger partial charge in [-0.2, -0.15) is 0 Å². The summed E-state index contributed by atoms with van der Waals surface area (Å²) in [6, 6.07) is 0. The number of hydrogen-bond donors (Lipinski definition) is 2. The molecule has 0 aromatic carbocycles. The van der Waals surface area contributed by atoms with Crippen molar-refractivity contribution in [2.45, 2.75) is 25.7 Å². The van der Waals surface area contributed by atoms with Crippen LogP contribution in [-0.2, 0) is 0 Å². The summed E-state index contributed by atoms with van der Waals surface area (Å²) in [6.45, 7) is 3.47. The smallest absolute Gasteiger partial charge is 0.00767 e. The van der Waals surface area contributed by atoms with Crippen molar-refractivity contribution >= 4 is 0 Å². The van der Waals surface area contributed by atoms with E-state index in [-0.39, 0.29) is 0 Å². The second kappa shape index (κ2) is 3.35. The van der Waals surface area contributed by atoms with Crippen molar-refractivity contribution in [1.82, 2.24) is 10.6 Å². The van der Waals surface area contributed by atoms with Gasteiger partial charge in [-0.05, 0) is 50.6 Å². The lowest BCUT2D eigenvalue weighted by Crippen LogP contribution is -2.36. The highest BCUT2D eigenvalue weighted by Crippen LogP contribution is 2.63. The van der Waals surface area contributed by atoms with Gasteiger partial charge in [0.25, 0.3) is 0 Å². The van der Waals surface area contributed by atoms with Crippen molar-refractivity contribution in [3.05, 3.63) is 0 Å². The molecule has 0 saturated heterocycles. The van der Waals surface area contributed by atoms with E-state index >= 15 is 0 Å². The largest absolute Gasteiger partial charge is 0.318 e. The van der Waals surface area contributed by atoms with E-state index in [0.717, 1.165) is 24.4 Å². The van der Waals surface area contributed by atoms with Gasteiger partial charge >= 0.3 is 0 Å². The zero-order valence-corrected chi connectivity index (χ0v) is 8.03. The van der Waals surface area contributed by atoms with Gasteiger partial charge in [-0.25, -0.2) is 0 Å². The number of rotatable bonds is 5. The maximum Gasteiger partial charge on any atom is 0.00767 e. The van der Waals surface area contributed by atoms with Crippen molar-refractivity contribution < 1.29 is 0 Å². The Hall–Kier alpha value is -0.0800. The molecule has 0 atom stereocenters. The summed E-state index contributed by atoms with van der Waals surface area (Å²) < 4.78 is 0. The molecule has 0 aromatic rings. The fourth-order valence-electron chi connectivity index (χ4n) is 2.41. The van der Waals surface area contributed by atoms with Crippen LogP contribution in [0.3, 0.4) is 0 Å². The molecule has 2 N–H and O–H groups in total. The van der Waals surface area contributed by atoms with Gasteiger partial charge in [-0.1, -0.05) is 0 Å². The maximum absolute atomic E-state index is 3.49. The van der Waals surface area contributed by atoms with Gasteiger partial charge in [0.2, 0.25) is 0 Å². The minimum Gasteiger partial charge on any atom is -0.318 e. The molecule has 0 amide bonds. The van der Waals surface area contributed by atoms with Crippen LogP contribution >= 0.6 is 0 Å². The molecule has 2 aliphatic rings. The SMILES string of the molecule is CNCCNCC1CC2(CC2)C1. The van der Waals surface area contributed by atoms with Crippen LogP contribution in [0.15, 0.2) is 0 Å². The van der Waals surface area contributed by atoms with Crippen molar-refractivity contribution in [3.8, 4) is 0 Å². The van der Waals surface area contributed by atoms with Crippen LogP contribution in [0, 0.1) is 11.3 Å². The van der Waals surface area contributed by atoms with E-state index in [1.165, 1.54) is 32.2 Å². The van der Waals surface area contributed by atoms with Crippen molar-refractivity contribution in [1.29, 1.82) is 0 Å². The molecule has 2 nitrogen and oxygen atoms in total. The molecule has 2 rings (SSSR count). The van der Waals surface area contributed by atoms with Crippen molar-refractivity contribution in [3.63, 3.8) is 0 Å². The molecule has 0 unspecified atom stereocenters. The van der Waals surface area contributed by atoms with E-state index in [9.17, 15) is 0 Å². The fourth-order valence-corrected chi connectivity index (χ4v) is 2.41. The summed E-state index contributed by atoms with van der Waals surface area (Å²) in [5, 5.41) is 6.63. The Morgan fingerprint density at radius 3 is 2.58 bits per heavy atom. The predicted molar refractivity (Wildman–Crippen MR) is 51.2 cm³/mol. The van der Waals surface area contributed by atoms with E-state index in [0.29, 0.717) is 0 Å². The zero-order chi connectivity index (χ0) is 8.44. The normalized spacial score (nSPS) is 25.8. The summed E-state index contributed by atoms with van der Waals surface area (Å²) in [7, 11) is 2.00. The Bertz CT molecular complexity index is 144. The molecule has 70 valence electrons. The van der Waals surface area contributed by atoms with Crippen LogP contribution in [-0.4, -0.2) is 26.7 Å². The van der Waals surface area contributed by atoms with Crippen LogP contribution in [0.5, 0.6) is 0 Å². The predicted octanol–water partition coefficient (Wildman–Crippen LogP) is 0.986. The first kappa shape index (κ1) is 8.52. The first-order valence-electron chi connectivity index (χ1n) is 5.20. The molecular weight excluding hydrogens is 148 g/mol. The maximum atomic E-state index is 3.49. The summed E-state index contributed by atoms with van der Waals surface area (Å²) in [5.74, 6) is 1.00. The van der Waals surface area contributed by atoms with Gasteiger partial charge in [-0.3, -0.25) is 0 Å². The zero-order valence-electron chi connectivity index (χ0n) is 8.03. The molecule has 0 heterocycles. The van der Waals surface area contributed by atoms with E-state index in [4.69, 9.17) is 0 Å². The monoisotopic (exact) mass is 168 g/mol. The van der Waals surface area contributed by atoms with E-state index < -0.39 is 0 Å². The molecule has 0 radical (unpaired) electrons.